The van der Waals surface area contributed by atoms with Crippen molar-refractivity contribution in [3.8, 4) is 11.5 Å². The Kier molecular flexibility index (Phi) is 7.56. The van der Waals surface area contributed by atoms with Crippen LogP contribution in [0.25, 0.3) is 0 Å². The average Bonchev–Trinajstić information content (AvgIpc) is 2.78. The zero-order valence-corrected chi connectivity index (χ0v) is 17.0. The summed E-state index contributed by atoms with van der Waals surface area (Å²) >= 11 is 5.87. The summed E-state index contributed by atoms with van der Waals surface area (Å²) in [5.41, 5.74) is 4.03. The number of hydrogen-bond donors (Lipinski definition) is 1. The number of ether oxygens (including phenoxy) is 2. The molecule has 1 N–H and O–H groups in total. The lowest BCUT2D eigenvalue weighted by atomic mass is 10.2. The number of nitro groups is 1. The van der Waals surface area contributed by atoms with Crippen molar-refractivity contribution in [3.05, 3.63) is 99.1 Å². The van der Waals surface area contributed by atoms with Crippen molar-refractivity contribution in [2.45, 2.75) is 6.61 Å². The number of nitrogens with one attached hydrogen (secondary N) is 1. The molecule has 0 aromatic heterocycles. The summed E-state index contributed by atoms with van der Waals surface area (Å²) in [5.74, 6) is 0.534. The van der Waals surface area contributed by atoms with E-state index in [0.717, 1.165) is 11.1 Å². The Morgan fingerprint density at radius 2 is 1.77 bits per heavy atom. The third-order valence-corrected chi connectivity index (χ3v) is 4.25. The molecule has 0 aliphatic rings. The SMILES string of the molecule is O=C(COc1ccc([N+](=O)[O-])cc1)N/N=C\c1cccc(OCc2ccc(Cl)cc2)c1. The summed E-state index contributed by atoms with van der Waals surface area (Å²) in [4.78, 5) is 21.9. The van der Waals surface area contributed by atoms with Gasteiger partial charge < -0.3 is 9.47 Å². The van der Waals surface area contributed by atoms with Crippen LogP contribution in [0, 0.1) is 10.1 Å². The Bertz CT molecular complexity index is 1070. The van der Waals surface area contributed by atoms with Gasteiger partial charge in [0.05, 0.1) is 11.1 Å². The monoisotopic (exact) mass is 439 g/mol. The van der Waals surface area contributed by atoms with Crippen LogP contribution in [-0.2, 0) is 11.4 Å². The Morgan fingerprint density at radius 1 is 1.03 bits per heavy atom. The Hall–Kier alpha value is -3.91. The molecule has 0 radical (unpaired) electrons. The lowest BCUT2D eigenvalue weighted by Crippen LogP contribution is -2.24. The van der Waals surface area contributed by atoms with Crippen molar-refractivity contribution in [2.24, 2.45) is 5.10 Å². The fraction of sp³-hybridized carbons (Fsp3) is 0.0909. The van der Waals surface area contributed by atoms with E-state index in [2.05, 4.69) is 10.5 Å². The molecule has 3 aromatic rings. The lowest BCUT2D eigenvalue weighted by Gasteiger charge is -2.07. The summed E-state index contributed by atoms with van der Waals surface area (Å²) in [6, 6.07) is 20.1. The topological polar surface area (TPSA) is 103 Å². The predicted molar refractivity (Wildman–Crippen MR) is 117 cm³/mol. The van der Waals surface area contributed by atoms with E-state index in [1.165, 1.54) is 30.5 Å². The zero-order valence-electron chi connectivity index (χ0n) is 16.2. The summed E-state index contributed by atoms with van der Waals surface area (Å²) in [5, 5.41) is 15.2. The maximum absolute atomic E-state index is 11.8. The number of halogens is 1. The van der Waals surface area contributed by atoms with Gasteiger partial charge in [0, 0.05) is 17.2 Å². The average molecular weight is 440 g/mol. The van der Waals surface area contributed by atoms with Crippen molar-refractivity contribution in [1.29, 1.82) is 0 Å². The van der Waals surface area contributed by atoms with E-state index < -0.39 is 10.8 Å². The smallest absolute Gasteiger partial charge is 0.277 e. The van der Waals surface area contributed by atoms with Gasteiger partial charge in [-0.25, -0.2) is 5.43 Å². The van der Waals surface area contributed by atoms with E-state index in [4.69, 9.17) is 21.1 Å². The molecule has 9 heteroatoms. The second-order valence-electron chi connectivity index (χ2n) is 6.32. The molecule has 0 saturated carbocycles. The lowest BCUT2D eigenvalue weighted by molar-refractivity contribution is -0.384. The number of benzene rings is 3. The number of hydrogen-bond acceptors (Lipinski definition) is 6. The molecule has 0 aliphatic carbocycles. The normalized spacial score (nSPS) is 10.6. The van der Waals surface area contributed by atoms with Gasteiger partial charge in [0.1, 0.15) is 18.1 Å². The van der Waals surface area contributed by atoms with Crippen molar-refractivity contribution in [3.63, 3.8) is 0 Å². The largest absolute Gasteiger partial charge is 0.489 e. The van der Waals surface area contributed by atoms with Crippen LogP contribution in [-0.4, -0.2) is 23.7 Å². The van der Waals surface area contributed by atoms with Crippen LogP contribution in [0.3, 0.4) is 0 Å². The van der Waals surface area contributed by atoms with Gasteiger partial charge in [0.25, 0.3) is 11.6 Å². The number of amides is 1. The second kappa shape index (κ2) is 10.7. The van der Waals surface area contributed by atoms with Crippen LogP contribution in [0.2, 0.25) is 5.02 Å². The van der Waals surface area contributed by atoms with Crippen molar-refractivity contribution < 1.29 is 19.2 Å². The molecule has 3 rings (SSSR count). The van der Waals surface area contributed by atoms with Gasteiger partial charge in [-0.2, -0.15) is 5.10 Å². The fourth-order valence-electron chi connectivity index (χ4n) is 2.46. The third-order valence-electron chi connectivity index (χ3n) is 4.00. The predicted octanol–water partition coefficient (Wildman–Crippen LogP) is 4.36. The van der Waals surface area contributed by atoms with E-state index in [1.54, 1.807) is 18.2 Å². The van der Waals surface area contributed by atoms with Crippen LogP contribution in [0.15, 0.2) is 77.9 Å². The molecule has 0 unspecified atom stereocenters. The molecule has 8 nitrogen and oxygen atoms in total. The summed E-state index contributed by atoms with van der Waals surface area (Å²) in [7, 11) is 0. The van der Waals surface area contributed by atoms with Crippen LogP contribution in [0.4, 0.5) is 5.69 Å². The van der Waals surface area contributed by atoms with Gasteiger partial charge in [-0.05, 0) is 47.5 Å². The summed E-state index contributed by atoms with van der Waals surface area (Å²) < 4.78 is 11.0. The first-order chi connectivity index (χ1) is 15.0. The molecule has 0 fully saturated rings. The molecule has 0 bridgehead atoms. The highest BCUT2D eigenvalue weighted by Crippen LogP contribution is 2.17. The summed E-state index contributed by atoms with van der Waals surface area (Å²) in [6.45, 7) is 0.119. The molecule has 1 amide bonds. The Balaban J connectivity index is 1.45. The molecule has 0 aliphatic heterocycles. The molecular weight excluding hydrogens is 422 g/mol. The number of nitro benzene ring substituents is 1. The maximum atomic E-state index is 11.8. The molecule has 0 saturated heterocycles. The first-order valence-electron chi connectivity index (χ1n) is 9.16. The number of carbonyl (C=O) groups is 1. The van der Waals surface area contributed by atoms with Gasteiger partial charge in [0.15, 0.2) is 6.61 Å². The van der Waals surface area contributed by atoms with Crippen LogP contribution in [0.1, 0.15) is 11.1 Å². The molecule has 31 heavy (non-hydrogen) atoms. The highest BCUT2D eigenvalue weighted by atomic mass is 35.5. The zero-order chi connectivity index (χ0) is 22.1. The summed E-state index contributed by atoms with van der Waals surface area (Å²) in [6.07, 6.45) is 1.49. The highest BCUT2D eigenvalue weighted by molar-refractivity contribution is 6.30. The van der Waals surface area contributed by atoms with Gasteiger partial charge in [-0.3, -0.25) is 14.9 Å². The highest BCUT2D eigenvalue weighted by Gasteiger charge is 2.06. The number of hydrazone groups is 1. The van der Waals surface area contributed by atoms with E-state index in [1.807, 2.05) is 30.3 Å². The van der Waals surface area contributed by atoms with Crippen molar-refractivity contribution in [2.75, 3.05) is 6.61 Å². The minimum Gasteiger partial charge on any atom is -0.489 e. The van der Waals surface area contributed by atoms with Crippen LogP contribution >= 0.6 is 11.6 Å². The second-order valence-corrected chi connectivity index (χ2v) is 6.76. The minimum atomic E-state index is -0.511. The Labute approximate surface area is 183 Å². The molecular formula is C22H18ClN3O5. The van der Waals surface area contributed by atoms with Gasteiger partial charge in [0.2, 0.25) is 0 Å². The van der Waals surface area contributed by atoms with Gasteiger partial charge in [-0.1, -0.05) is 35.9 Å². The molecule has 158 valence electrons. The number of rotatable bonds is 9. The number of nitrogens with zero attached hydrogens (tertiary/aromatic N) is 2. The Morgan fingerprint density at radius 3 is 2.48 bits per heavy atom. The van der Waals surface area contributed by atoms with Crippen LogP contribution in [0.5, 0.6) is 11.5 Å². The quantitative estimate of drug-likeness (QED) is 0.303. The standard InChI is InChI=1S/C22H18ClN3O5/c23-18-6-4-16(5-7-18)14-30-21-3-1-2-17(12-21)13-24-25-22(27)15-31-20-10-8-19(9-11-20)26(28)29/h1-13H,14-15H2,(H,25,27)/b24-13-. The minimum absolute atomic E-state index is 0.0548. The number of carbonyl (C=O) groups excluding carboxylic acids is 1. The van der Waals surface area contributed by atoms with E-state index in [-0.39, 0.29) is 12.3 Å². The van der Waals surface area contributed by atoms with E-state index >= 15 is 0 Å². The maximum Gasteiger partial charge on any atom is 0.277 e. The molecule has 0 atom stereocenters. The third kappa shape index (κ3) is 7.13. The first kappa shape index (κ1) is 21.8. The molecule has 0 spiro atoms. The number of non-ortho nitro benzene ring substituents is 1. The van der Waals surface area contributed by atoms with Crippen molar-refractivity contribution >= 4 is 29.4 Å². The molecule has 0 heterocycles. The first-order valence-corrected chi connectivity index (χ1v) is 9.54. The van der Waals surface area contributed by atoms with Gasteiger partial charge in [-0.15, -0.1) is 0 Å². The van der Waals surface area contributed by atoms with Crippen molar-refractivity contribution in [1.82, 2.24) is 5.43 Å². The van der Waals surface area contributed by atoms with E-state index in [9.17, 15) is 14.9 Å². The van der Waals surface area contributed by atoms with Crippen LogP contribution < -0.4 is 14.9 Å². The molecule has 3 aromatic carbocycles. The fourth-order valence-corrected chi connectivity index (χ4v) is 2.58. The van der Waals surface area contributed by atoms with E-state index in [0.29, 0.717) is 23.1 Å². The van der Waals surface area contributed by atoms with Gasteiger partial charge >= 0.3 is 0 Å².